The summed E-state index contributed by atoms with van der Waals surface area (Å²) in [6.45, 7) is 0. The van der Waals surface area contributed by atoms with Crippen LogP contribution in [-0.4, -0.2) is 41.4 Å². The van der Waals surface area contributed by atoms with Gasteiger partial charge in [-0.2, -0.15) is 4.31 Å². The Labute approximate surface area is 118 Å². The molecule has 0 spiro atoms. The first-order valence-electron chi connectivity index (χ1n) is 6.72. The van der Waals surface area contributed by atoms with Gasteiger partial charge in [0, 0.05) is 25.0 Å². The van der Waals surface area contributed by atoms with Crippen LogP contribution in [0, 0.1) is 0 Å². The number of nitrogens with one attached hydrogen (secondary N) is 1. The number of hydrogen-bond donors (Lipinski definition) is 2. The molecule has 0 aromatic carbocycles. The number of hydrogen-bond acceptors (Lipinski definition) is 3. The van der Waals surface area contributed by atoms with E-state index in [9.17, 15) is 13.2 Å². The van der Waals surface area contributed by atoms with Crippen LogP contribution in [0.15, 0.2) is 23.4 Å². The number of carbonyl (C=O) groups is 1. The smallest absolute Gasteiger partial charge is 0.305 e. The molecule has 2 rings (SSSR count). The number of H-pyrrole nitrogens is 1. The fourth-order valence-electron chi connectivity index (χ4n) is 2.98. The van der Waals surface area contributed by atoms with E-state index in [1.165, 1.54) is 23.6 Å². The van der Waals surface area contributed by atoms with Gasteiger partial charge in [-0.25, -0.2) is 8.42 Å². The van der Waals surface area contributed by atoms with Gasteiger partial charge in [-0.3, -0.25) is 4.79 Å². The molecule has 0 amide bonds. The molecule has 112 valence electrons. The number of rotatable bonds is 5. The van der Waals surface area contributed by atoms with Crippen LogP contribution < -0.4 is 0 Å². The first-order chi connectivity index (χ1) is 9.38. The summed E-state index contributed by atoms with van der Waals surface area (Å²) in [5, 5.41) is 9.15. The third-order valence-electron chi connectivity index (χ3n) is 4.16. The average Bonchev–Trinajstić information content (AvgIpc) is 2.92. The Morgan fingerprint density at radius 2 is 2.05 bits per heavy atom. The van der Waals surface area contributed by atoms with E-state index in [4.69, 9.17) is 5.11 Å². The zero-order valence-electron chi connectivity index (χ0n) is 11.5. The quantitative estimate of drug-likeness (QED) is 0.867. The monoisotopic (exact) mass is 300 g/mol. The lowest BCUT2D eigenvalue weighted by Gasteiger charge is -2.42. The van der Waals surface area contributed by atoms with Crippen molar-refractivity contribution in [1.82, 2.24) is 9.29 Å². The van der Waals surface area contributed by atoms with Crippen LogP contribution in [0.3, 0.4) is 0 Å². The molecule has 0 bridgehead atoms. The summed E-state index contributed by atoms with van der Waals surface area (Å²) in [6, 6.07) is 1.49. The Morgan fingerprint density at radius 3 is 2.55 bits per heavy atom. The zero-order valence-corrected chi connectivity index (χ0v) is 12.3. The Bertz CT molecular complexity index is 559. The third-order valence-corrected chi connectivity index (χ3v) is 6.12. The van der Waals surface area contributed by atoms with E-state index in [2.05, 4.69) is 4.98 Å². The van der Waals surface area contributed by atoms with Crippen LogP contribution in [0.5, 0.6) is 0 Å². The van der Waals surface area contributed by atoms with Gasteiger partial charge in [0.25, 0.3) is 0 Å². The molecule has 0 unspecified atom stereocenters. The highest BCUT2D eigenvalue weighted by atomic mass is 32.2. The normalized spacial score (nSPS) is 19.1. The first-order valence-corrected chi connectivity index (χ1v) is 8.16. The molecule has 1 saturated carbocycles. The van der Waals surface area contributed by atoms with Crippen molar-refractivity contribution >= 4 is 16.0 Å². The van der Waals surface area contributed by atoms with Crippen molar-refractivity contribution in [2.45, 2.75) is 49.0 Å². The van der Waals surface area contributed by atoms with Crippen molar-refractivity contribution in [2.24, 2.45) is 0 Å². The van der Waals surface area contributed by atoms with Crippen molar-refractivity contribution in [1.29, 1.82) is 0 Å². The van der Waals surface area contributed by atoms with Crippen molar-refractivity contribution in [3.05, 3.63) is 18.5 Å². The highest BCUT2D eigenvalue weighted by Gasteiger charge is 2.44. The molecule has 6 nitrogen and oxygen atoms in total. The SMILES string of the molecule is CN(C1(CC(=O)O)CCCCC1)S(=O)(=O)c1cc[nH]c1. The van der Waals surface area contributed by atoms with E-state index >= 15 is 0 Å². The van der Waals surface area contributed by atoms with Gasteiger partial charge in [-0.15, -0.1) is 0 Å². The minimum atomic E-state index is -3.66. The number of aromatic nitrogens is 1. The Balaban J connectivity index is 2.36. The summed E-state index contributed by atoms with van der Waals surface area (Å²) < 4.78 is 26.5. The standard InChI is InChI=1S/C13H20N2O4S/c1-15(20(18,19)11-5-8-14-10-11)13(9-12(16)17)6-3-2-4-7-13/h5,8,10,14H,2-4,6-7,9H2,1H3,(H,16,17). The summed E-state index contributed by atoms with van der Waals surface area (Å²) in [7, 11) is -2.16. The van der Waals surface area contributed by atoms with E-state index in [1.54, 1.807) is 6.20 Å². The molecule has 20 heavy (non-hydrogen) atoms. The lowest BCUT2D eigenvalue weighted by atomic mass is 9.79. The van der Waals surface area contributed by atoms with Crippen LogP contribution in [0.25, 0.3) is 0 Å². The maximum Gasteiger partial charge on any atom is 0.305 e. The van der Waals surface area contributed by atoms with E-state index in [0.29, 0.717) is 12.8 Å². The van der Waals surface area contributed by atoms with Crippen LogP contribution in [0.4, 0.5) is 0 Å². The number of nitrogens with zero attached hydrogens (tertiary/aromatic N) is 1. The second-order valence-corrected chi connectivity index (χ2v) is 7.34. The number of carboxylic acids is 1. The minimum absolute atomic E-state index is 0.146. The summed E-state index contributed by atoms with van der Waals surface area (Å²) in [4.78, 5) is 14.1. The molecule has 1 aliphatic carbocycles. The van der Waals surface area contributed by atoms with Gasteiger partial charge >= 0.3 is 5.97 Å². The second-order valence-electron chi connectivity index (χ2n) is 5.37. The maximum atomic E-state index is 12.6. The molecule has 1 aromatic heterocycles. The Kier molecular flexibility index (Phi) is 4.19. The largest absolute Gasteiger partial charge is 0.481 e. The molecule has 2 N–H and O–H groups in total. The van der Waals surface area contributed by atoms with E-state index in [0.717, 1.165) is 19.3 Å². The summed E-state index contributed by atoms with van der Waals surface area (Å²) in [5.41, 5.74) is -0.805. The number of sulfonamides is 1. The number of aromatic amines is 1. The Morgan fingerprint density at radius 1 is 1.40 bits per heavy atom. The molecule has 0 aliphatic heterocycles. The summed E-state index contributed by atoms with van der Waals surface area (Å²) in [5.74, 6) is -0.956. The van der Waals surface area contributed by atoms with Gasteiger partial charge in [0.05, 0.1) is 11.3 Å². The molecule has 0 radical (unpaired) electrons. The second kappa shape index (κ2) is 5.57. The first kappa shape index (κ1) is 15.1. The van der Waals surface area contributed by atoms with Gasteiger partial charge in [-0.05, 0) is 18.9 Å². The van der Waals surface area contributed by atoms with Crippen molar-refractivity contribution < 1.29 is 18.3 Å². The fraction of sp³-hybridized carbons (Fsp3) is 0.615. The Hall–Kier alpha value is -1.34. The molecular formula is C13H20N2O4S. The highest BCUT2D eigenvalue weighted by Crippen LogP contribution is 2.38. The molecule has 1 heterocycles. The number of carboxylic acid groups (broad SMARTS) is 1. The van der Waals surface area contributed by atoms with Crippen molar-refractivity contribution in [3.63, 3.8) is 0 Å². The van der Waals surface area contributed by atoms with Gasteiger partial charge in [-0.1, -0.05) is 19.3 Å². The van der Waals surface area contributed by atoms with Gasteiger partial charge < -0.3 is 10.1 Å². The maximum absolute atomic E-state index is 12.6. The van der Waals surface area contributed by atoms with Crippen LogP contribution in [0.2, 0.25) is 0 Å². The fourth-order valence-corrected chi connectivity index (χ4v) is 4.51. The van der Waals surface area contributed by atoms with E-state index < -0.39 is 21.5 Å². The molecule has 1 aliphatic rings. The van der Waals surface area contributed by atoms with Gasteiger partial charge in [0.1, 0.15) is 0 Å². The number of aliphatic carboxylic acids is 1. The van der Waals surface area contributed by atoms with Gasteiger partial charge in [0.2, 0.25) is 10.0 Å². The molecule has 1 fully saturated rings. The van der Waals surface area contributed by atoms with Crippen LogP contribution in [-0.2, 0) is 14.8 Å². The van der Waals surface area contributed by atoms with Crippen LogP contribution in [0.1, 0.15) is 38.5 Å². The zero-order chi connectivity index (χ0) is 14.8. The molecule has 1 aromatic rings. The minimum Gasteiger partial charge on any atom is -0.481 e. The summed E-state index contributed by atoms with van der Waals surface area (Å²) in [6.07, 6.45) is 6.76. The summed E-state index contributed by atoms with van der Waals surface area (Å²) >= 11 is 0. The third kappa shape index (κ3) is 2.73. The highest BCUT2D eigenvalue weighted by molar-refractivity contribution is 7.89. The molecule has 0 saturated heterocycles. The van der Waals surface area contributed by atoms with E-state index in [1.807, 2.05) is 0 Å². The van der Waals surface area contributed by atoms with Gasteiger partial charge in [0.15, 0.2) is 0 Å². The van der Waals surface area contributed by atoms with Crippen molar-refractivity contribution in [2.75, 3.05) is 7.05 Å². The average molecular weight is 300 g/mol. The predicted octanol–water partition coefficient (Wildman–Crippen LogP) is 1.81. The molecule has 7 heteroatoms. The molecule has 0 atom stereocenters. The predicted molar refractivity (Wildman–Crippen MR) is 73.8 cm³/mol. The lowest BCUT2D eigenvalue weighted by Crippen LogP contribution is -2.51. The van der Waals surface area contributed by atoms with Crippen molar-refractivity contribution in [3.8, 4) is 0 Å². The van der Waals surface area contributed by atoms with Crippen LogP contribution >= 0.6 is 0 Å². The van der Waals surface area contributed by atoms with E-state index in [-0.39, 0.29) is 11.3 Å². The lowest BCUT2D eigenvalue weighted by molar-refractivity contribution is -0.140. The topological polar surface area (TPSA) is 90.5 Å². The molecular weight excluding hydrogens is 280 g/mol.